The molecule has 0 bridgehead atoms. The number of esters is 1. The summed E-state index contributed by atoms with van der Waals surface area (Å²) in [5, 5.41) is 9.88. The monoisotopic (exact) mass is 248 g/mol. The van der Waals surface area contributed by atoms with Crippen molar-refractivity contribution >= 4 is 21.9 Å². The lowest BCUT2D eigenvalue weighted by Crippen LogP contribution is -2.42. The highest BCUT2D eigenvalue weighted by Crippen LogP contribution is 2.43. The van der Waals surface area contributed by atoms with Crippen LogP contribution in [0.25, 0.3) is 0 Å². The van der Waals surface area contributed by atoms with Crippen molar-refractivity contribution in [3.05, 3.63) is 0 Å². The van der Waals surface area contributed by atoms with Gasteiger partial charge in [-0.3, -0.25) is 0 Å². The van der Waals surface area contributed by atoms with Gasteiger partial charge >= 0.3 is 5.97 Å². The number of fused-ring (bicyclic) bond motifs is 1. The van der Waals surface area contributed by atoms with Crippen LogP contribution in [0, 0.1) is 5.92 Å². The smallest absolute Gasteiger partial charge is 0.338 e. The van der Waals surface area contributed by atoms with Gasteiger partial charge in [0.1, 0.15) is 6.10 Å². The van der Waals surface area contributed by atoms with Crippen LogP contribution in [0.2, 0.25) is 0 Å². The molecule has 1 saturated heterocycles. The molecule has 0 unspecified atom stereocenters. The maximum absolute atomic E-state index is 11.3. The van der Waals surface area contributed by atoms with Crippen LogP contribution in [-0.4, -0.2) is 27.6 Å². The van der Waals surface area contributed by atoms with Crippen LogP contribution in [0.4, 0.5) is 0 Å². The Labute approximate surface area is 85.6 Å². The summed E-state index contributed by atoms with van der Waals surface area (Å²) in [5.74, 6) is -0.494. The van der Waals surface area contributed by atoms with Crippen molar-refractivity contribution in [1.29, 1.82) is 0 Å². The summed E-state index contributed by atoms with van der Waals surface area (Å²) in [6.45, 7) is 1.56. The van der Waals surface area contributed by atoms with Crippen molar-refractivity contribution in [3.63, 3.8) is 0 Å². The first kappa shape index (κ1) is 9.46. The van der Waals surface area contributed by atoms with Crippen molar-refractivity contribution in [2.45, 2.75) is 42.7 Å². The van der Waals surface area contributed by atoms with Gasteiger partial charge in [0.25, 0.3) is 0 Å². The van der Waals surface area contributed by atoms with Crippen molar-refractivity contribution in [2.75, 3.05) is 0 Å². The minimum atomic E-state index is -1.27. The molecule has 0 amide bonds. The summed E-state index contributed by atoms with van der Waals surface area (Å²) in [6.07, 6.45) is 2.82. The van der Waals surface area contributed by atoms with Gasteiger partial charge < -0.3 is 9.84 Å². The fraction of sp³-hybridized carbons (Fsp3) is 0.889. The first-order valence-electron chi connectivity index (χ1n) is 4.61. The zero-order valence-corrected chi connectivity index (χ0v) is 9.08. The van der Waals surface area contributed by atoms with Crippen LogP contribution in [0.3, 0.4) is 0 Å². The molecule has 0 spiro atoms. The zero-order valence-electron chi connectivity index (χ0n) is 7.50. The van der Waals surface area contributed by atoms with Gasteiger partial charge in [-0.05, 0) is 19.8 Å². The first-order chi connectivity index (χ1) is 6.03. The maximum Gasteiger partial charge on any atom is 0.338 e. The third-order valence-electron chi connectivity index (χ3n) is 3.13. The molecule has 0 aromatic heterocycles. The normalized spacial score (nSPS) is 50.1. The SMILES string of the molecule is C[C@]1(O)C(=O)O[C@H]2[C@H](Br)CCC[C@H]21. The van der Waals surface area contributed by atoms with Gasteiger partial charge in [0.05, 0.1) is 4.83 Å². The fourth-order valence-corrected chi connectivity index (χ4v) is 3.06. The quantitative estimate of drug-likeness (QED) is 0.518. The second-order valence-corrected chi connectivity index (χ2v) is 5.25. The van der Waals surface area contributed by atoms with Crippen molar-refractivity contribution in [3.8, 4) is 0 Å². The first-order valence-corrected chi connectivity index (χ1v) is 5.52. The van der Waals surface area contributed by atoms with Crippen LogP contribution >= 0.6 is 15.9 Å². The summed E-state index contributed by atoms with van der Waals surface area (Å²) in [6, 6.07) is 0. The van der Waals surface area contributed by atoms with Gasteiger partial charge in [-0.25, -0.2) is 4.79 Å². The Bertz CT molecular complexity index is 239. The third-order valence-corrected chi connectivity index (χ3v) is 4.11. The lowest BCUT2D eigenvalue weighted by atomic mass is 9.78. The molecule has 2 rings (SSSR count). The fourth-order valence-electron chi connectivity index (χ4n) is 2.26. The molecule has 3 nitrogen and oxygen atoms in total. The Morgan fingerprint density at radius 2 is 2.31 bits per heavy atom. The van der Waals surface area contributed by atoms with E-state index in [0.29, 0.717) is 0 Å². The summed E-state index contributed by atoms with van der Waals surface area (Å²) >= 11 is 3.49. The summed E-state index contributed by atoms with van der Waals surface area (Å²) in [5.41, 5.74) is -1.27. The Balaban J connectivity index is 2.25. The molecule has 4 atom stereocenters. The molecule has 74 valence electrons. The van der Waals surface area contributed by atoms with Crippen LogP contribution in [0.1, 0.15) is 26.2 Å². The predicted molar refractivity (Wildman–Crippen MR) is 50.6 cm³/mol. The molecule has 1 heterocycles. The number of hydrogen-bond acceptors (Lipinski definition) is 3. The maximum atomic E-state index is 11.3. The Morgan fingerprint density at radius 3 is 2.92 bits per heavy atom. The highest BCUT2D eigenvalue weighted by Gasteiger charge is 2.55. The van der Waals surface area contributed by atoms with Crippen molar-refractivity contribution < 1.29 is 14.6 Å². The van der Waals surface area contributed by atoms with E-state index in [4.69, 9.17) is 4.74 Å². The highest BCUT2D eigenvalue weighted by molar-refractivity contribution is 9.09. The molecular weight excluding hydrogens is 236 g/mol. The standard InChI is InChI=1S/C9H13BrO3/c1-9(12)5-3-2-4-6(10)7(5)13-8(9)11/h5-7,12H,2-4H2,1H3/t5-,6-,7-,9-/m1/s1. The Hall–Kier alpha value is -0.0900. The van der Waals surface area contributed by atoms with E-state index in [1.165, 1.54) is 0 Å². The number of carbonyl (C=O) groups excluding carboxylic acids is 1. The molecule has 2 fully saturated rings. The number of halogens is 1. The number of aliphatic hydroxyl groups is 1. The van der Waals surface area contributed by atoms with E-state index in [1.807, 2.05) is 0 Å². The van der Waals surface area contributed by atoms with Crippen molar-refractivity contribution in [1.82, 2.24) is 0 Å². The molecule has 13 heavy (non-hydrogen) atoms. The third kappa shape index (κ3) is 1.31. The van der Waals surface area contributed by atoms with E-state index < -0.39 is 11.6 Å². The Kier molecular flexibility index (Phi) is 2.15. The van der Waals surface area contributed by atoms with Gasteiger partial charge in [0.15, 0.2) is 5.60 Å². The number of alkyl halides is 1. The highest BCUT2D eigenvalue weighted by atomic mass is 79.9. The average molecular weight is 249 g/mol. The van der Waals surface area contributed by atoms with Crippen LogP contribution in [-0.2, 0) is 9.53 Å². The van der Waals surface area contributed by atoms with Crippen LogP contribution in [0.15, 0.2) is 0 Å². The Morgan fingerprint density at radius 1 is 1.62 bits per heavy atom. The van der Waals surface area contributed by atoms with Gasteiger partial charge in [0.2, 0.25) is 0 Å². The van der Waals surface area contributed by atoms with E-state index in [1.54, 1.807) is 6.92 Å². The number of carbonyl (C=O) groups is 1. The molecule has 1 saturated carbocycles. The van der Waals surface area contributed by atoms with E-state index >= 15 is 0 Å². The van der Waals surface area contributed by atoms with Gasteiger partial charge in [-0.1, -0.05) is 22.4 Å². The minimum absolute atomic E-state index is 0.0295. The molecule has 0 aromatic carbocycles. The number of ether oxygens (including phenoxy) is 1. The minimum Gasteiger partial charge on any atom is -0.459 e. The lowest BCUT2D eigenvalue weighted by molar-refractivity contribution is -0.154. The second-order valence-electron chi connectivity index (χ2n) is 4.07. The zero-order chi connectivity index (χ0) is 9.64. The van der Waals surface area contributed by atoms with Gasteiger partial charge in [-0.15, -0.1) is 0 Å². The van der Waals surface area contributed by atoms with E-state index in [9.17, 15) is 9.90 Å². The molecule has 4 heteroatoms. The average Bonchev–Trinajstić information content (AvgIpc) is 2.28. The molecule has 2 aliphatic rings. The molecule has 1 aliphatic heterocycles. The largest absolute Gasteiger partial charge is 0.459 e. The number of rotatable bonds is 0. The molecule has 0 radical (unpaired) electrons. The summed E-state index contributed by atoms with van der Waals surface area (Å²) in [7, 11) is 0. The van der Waals surface area contributed by atoms with E-state index in [2.05, 4.69) is 15.9 Å². The molecule has 1 aliphatic carbocycles. The van der Waals surface area contributed by atoms with Crippen LogP contribution < -0.4 is 0 Å². The second kappa shape index (κ2) is 2.95. The number of hydrogen-bond donors (Lipinski definition) is 1. The predicted octanol–water partition coefficient (Wildman–Crippen LogP) is 1.23. The summed E-state index contributed by atoms with van der Waals surface area (Å²) < 4.78 is 5.16. The topological polar surface area (TPSA) is 46.5 Å². The molecule has 1 N–H and O–H groups in total. The van der Waals surface area contributed by atoms with Crippen molar-refractivity contribution in [2.24, 2.45) is 5.92 Å². The summed E-state index contributed by atoms with van der Waals surface area (Å²) in [4.78, 5) is 11.5. The van der Waals surface area contributed by atoms with Gasteiger partial charge in [-0.2, -0.15) is 0 Å². The van der Waals surface area contributed by atoms with E-state index in [0.717, 1.165) is 19.3 Å². The van der Waals surface area contributed by atoms with E-state index in [-0.39, 0.29) is 16.8 Å². The molecular formula is C9H13BrO3. The van der Waals surface area contributed by atoms with Gasteiger partial charge in [0, 0.05) is 5.92 Å². The van der Waals surface area contributed by atoms with Crippen LogP contribution in [0.5, 0.6) is 0 Å². The lowest BCUT2D eigenvalue weighted by Gasteiger charge is -2.31. The molecule has 0 aromatic rings.